The van der Waals surface area contributed by atoms with Crippen molar-refractivity contribution in [2.24, 2.45) is 0 Å². The van der Waals surface area contributed by atoms with Crippen molar-refractivity contribution in [1.29, 1.82) is 0 Å². The summed E-state index contributed by atoms with van der Waals surface area (Å²) in [5, 5.41) is 1.95. The largest absolute Gasteiger partial charge is 0.413 e. The molecule has 0 saturated carbocycles. The maximum Gasteiger partial charge on any atom is 0.413 e. The number of hydrogen-bond donors (Lipinski definition) is 5. The molecule has 0 aliphatic heterocycles. The Morgan fingerprint density at radius 2 is 1.92 bits per heavy atom. The van der Waals surface area contributed by atoms with Gasteiger partial charge in [-0.1, -0.05) is 6.08 Å². The molecule has 0 rings (SSSR count). The normalized spacial score (nSPS) is 8.83. The number of rotatable bonds is 3. The molecular formula is C4H14N3O4P. The third-order valence-corrected chi connectivity index (χ3v) is 1.35. The van der Waals surface area contributed by atoms with Gasteiger partial charge in [0, 0.05) is 6.54 Å². The molecule has 0 aliphatic carbocycles. The van der Waals surface area contributed by atoms with E-state index in [1.54, 1.807) is 0 Å². The summed E-state index contributed by atoms with van der Waals surface area (Å²) < 4.78 is 10.1. The molecule has 0 aromatic carbocycles. The molecule has 0 atom stereocenters. The summed E-state index contributed by atoms with van der Waals surface area (Å²) in [4.78, 5) is 26.7. The van der Waals surface area contributed by atoms with Crippen LogP contribution in [0.4, 0.5) is 4.79 Å². The fourth-order valence-corrected chi connectivity index (χ4v) is 0.560. The van der Waals surface area contributed by atoms with E-state index in [1.165, 1.54) is 6.08 Å². The Kier molecular flexibility index (Phi) is 10.1. The van der Waals surface area contributed by atoms with Gasteiger partial charge in [-0.25, -0.2) is 4.57 Å². The van der Waals surface area contributed by atoms with Gasteiger partial charge in [0.25, 0.3) is 0 Å². The standard InChI is InChI=1S/C4H8NO4P.2H3N/c1-2-3-5-4(6)10(7,8)9;;/h2H,1,3H2,(H,5,6)(H2,7,8,9);2*1H3. The topological polar surface area (TPSA) is 157 Å². The van der Waals surface area contributed by atoms with Gasteiger partial charge in [-0.05, 0) is 0 Å². The fourth-order valence-electron chi connectivity index (χ4n) is 0.262. The van der Waals surface area contributed by atoms with Gasteiger partial charge in [-0.3, -0.25) is 4.79 Å². The van der Waals surface area contributed by atoms with E-state index in [9.17, 15) is 9.36 Å². The van der Waals surface area contributed by atoms with Gasteiger partial charge in [0.1, 0.15) is 0 Å². The first-order chi connectivity index (χ1) is 4.48. The van der Waals surface area contributed by atoms with Crippen LogP contribution in [-0.4, -0.2) is 22.0 Å². The highest BCUT2D eigenvalue weighted by Crippen LogP contribution is 2.34. The molecule has 0 aromatic heterocycles. The van der Waals surface area contributed by atoms with Crippen molar-refractivity contribution < 1.29 is 19.1 Å². The van der Waals surface area contributed by atoms with E-state index < -0.39 is 13.2 Å². The van der Waals surface area contributed by atoms with Crippen molar-refractivity contribution in [2.45, 2.75) is 0 Å². The van der Waals surface area contributed by atoms with Crippen molar-refractivity contribution in [1.82, 2.24) is 17.6 Å². The van der Waals surface area contributed by atoms with Crippen LogP contribution in [0.25, 0.3) is 0 Å². The zero-order valence-electron chi connectivity index (χ0n) is 6.56. The summed E-state index contributed by atoms with van der Waals surface area (Å²) in [5.74, 6) is 0. The third-order valence-electron chi connectivity index (χ3n) is 0.662. The predicted molar refractivity (Wildman–Crippen MR) is 45.7 cm³/mol. The Bertz CT molecular complexity index is 189. The highest BCUT2D eigenvalue weighted by Gasteiger charge is 2.24. The number of nitrogens with one attached hydrogen (secondary N) is 1. The van der Waals surface area contributed by atoms with Gasteiger partial charge in [0.15, 0.2) is 0 Å². The lowest BCUT2D eigenvalue weighted by Crippen LogP contribution is -2.21. The average molecular weight is 199 g/mol. The quantitative estimate of drug-likeness (QED) is 0.326. The van der Waals surface area contributed by atoms with E-state index in [0.717, 1.165) is 0 Å². The highest BCUT2D eigenvalue weighted by atomic mass is 31.2. The van der Waals surface area contributed by atoms with Gasteiger partial charge in [0.2, 0.25) is 0 Å². The van der Waals surface area contributed by atoms with Crippen LogP contribution in [0, 0.1) is 0 Å². The second kappa shape index (κ2) is 6.96. The van der Waals surface area contributed by atoms with Crippen molar-refractivity contribution in [3.8, 4) is 0 Å². The van der Waals surface area contributed by atoms with Crippen LogP contribution in [0.3, 0.4) is 0 Å². The zero-order valence-corrected chi connectivity index (χ0v) is 7.46. The molecule has 0 radical (unpaired) electrons. The lowest BCUT2D eigenvalue weighted by Gasteiger charge is -2.01. The van der Waals surface area contributed by atoms with Crippen LogP contribution in [0.15, 0.2) is 12.7 Å². The molecule has 12 heavy (non-hydrogen) atoms. The van der Waals surface area contributed by atoms with Crippen molar-refractivity contribution in [3.05, 3.63) is 12.7 Å². The molecule has 8 heteroatoms. The van der Waals surface area contributed by atoms with E-state index in [0.29, 0.717) is 0 Å². The fraction of sp³-hybridized carbons (Fsp3) is 0.250. The first-order valence-electron chi connectivity index (χ1n) is 2.43. The molecule has 0 aromatic rings. The Morgan fingerprint density at radius 1 is 1.50 bits per heavy atom. The number of carbonyl (C=O) groups excluding carboxylic acids is 1. The molecule has 0 aliphatic rings. The smallest absolute Gasteiger partial charge is 0.344 e. The molecule has 0 spiro atoms. The van der Waals surface area contributed by atoms with E-state index >= 15 is 0 Å². The average Bonchev–Trinajstić information content (AvgIpc) is 1.80. The molecule has 0 heterocycles. The zero-order chi connectivity index (χ0) is 8.20. The van der Waals surface area contributed by atoms with Crippen LogP contribution >= 0.6 is 7.60 Å². The minimum atomic E-state index is -4.58. The lowest BCUT2D eigenvalue weighted by molar-refractivity contribution is 0.249. The van der Waals surface area contributed by atoms with E-state index in [-0.39, 0.29) is 18.8 Å². The number of carbonyl (C=O) groups is 1. The van der Waals surface area contributed by atoms with Crippen LogP contribution < -0.4 is 17.6 Å². The molecule has 0 bridgehead atoms. The Hall–Kier alpha value is -0.720. The third kappa shape index (κ3) is 7.39. The van der Waals surface area contributed by atoms with E-state index in [1.807, 2.05) is 5.32 Å². The van der Waals surface area contributed by atoms with Gasteiger partial charge < -0.3 is 27.4 Å². The van der Waals surface area contributed by atoms with E-state index in [2.05, 4.69) is 6.58 Å². The minimum Gasteiger partial charge on any atom is -0.344 e. The Balaban J connectivity index is -0.000000405. The molecule has 74 valence electrons. The summed E-state index contributed by atoms with van der Waals surface area (Å²) in [6.45, 7) is 3.31. The van der Waals surface area contributed by atoms with Crippen LogP contribution in [-0.2, 0) is 4.57 Å². The Morgan fingerprint density at radius 3 is 2.17 bits per heavy atom. The lowest BCUT2D eigenvalue weighted by atomic mass is 10.6. The molecule has 0 unspecified atom stereocenters. The van der Waals surface area contributed by atoms with Gasteiger partial charge in [-0.15, -0.1) is 6.58 Å². The van der Waals surface area contributed by atoms with Gasteiger partial charge in [-0.2, -0.15) is 0 Å². The molecular weight excluding hydrogens is 185 g/mol. The number of hydrogen-bond acceptors (Lipinski definition) is 4. The summed E-state index contributed by atoms with van der Waals surface area (Å²) in [5.41, 5.74) is -1.27. The number of amides is 1. The van der Waals surface area contributed by atoms with Gasteiger partial charge >= 0.3 is 13.2 Å². The first-order valence-corrected chi connectivity index (χ1v) is 4.04. The van der Waals surface area contributed by atoms with Crippen LogP contribution in [0.2, 0.25) is 0 Å². The Labute approximate surface area is 70.2 Å². The maximum atomic E-state index is 10.3. The van der Waals surface area contributed by atoms with Crippen molar-refractivity contribution >= 4 is 13.2 Å². The van der Waals surface area contributed by atoms with Crippen LogP contribution in [0.1, 0.15) is 0 Å². The molecule has 1 amide bonds. The molecule has 0 fully saturated rings. The van der Waals surface area contributed by atoms with Crippen LogP contribution in [0.5, 0.6) is 0 Å². The molecule has 9 N–H and O–H groups in total. The van der Waals surface area contributed by atoms with Crippen molar-refractivity contribution in [2.75, 3.05) is 6.54 Å². The SMILES string of the molecule is C=CCNC(=O)P(=O)(O)O.N.N. The predicted octanol–water partition coefficient (Wildman–Crippen LogP) is 0.384. The molecule has 7 nitrogen and oxygen atoms in total. The summed E-state index contributed by atoms with van der Waals surface area (Å²) in [6, 6.07) is 0. The van der Waals surface area contributed by atoms with Gasteiger partial charge in [0.05, 0.1) is 0 Å². The van der Waals surface area contributed by atoms with Crippen molar-refractivity contribution in [3.63, 3.8) is 0 Å². The van der Waals surface area contributed by atoms with E-state index in [4.69, 9.17) is 9.79 Å². The molecule has 0 saturated heterocycles. The first kappa shape index (κ1) is 17.4. The second-order valence-electron chi connectivity index (χ2n) is 1.52. The summed E-state index contributed by atoms with van der Waals surface area (Å²) in [6.07, 6.45) is 1.33. The summed E-state index contributed by atoms with van der Waals surface area (Å²) in [7, 11) is -4.58. The second-order valence-corrected chi connectivity index (χ2v) is 3.01. The minimum absolute atomic E-state index is 0. The highest BCUT2D eigenvalue weighted by molar-refractivity contribution is 7.69. The maximum absolute atomic E-state index is 10.3. The monoisotopic (exact) mass is 199 g/mol. The summed E-state index contributed by atoms with van der Waals surface area (Å²) >= 11 is 0.